The molecule has 1 aliphatic heterocycles. The lowest BCUT2D eigenvalue weighted by Crippen LogP contribution is -2.40. The Balaban J connectivity index is 1.59. The second-order valence-electron chi connectivity index (χ2n) is 9.33. The molecule has 7 nitrogen and oxygen atoms in total. The number of nitrogens with zero attached hydrogens (tertiary/aromatic N) is 6. The summed E-state index contributed by atoms with van der Waals surface area (Å²) in [6.45, 7) is 6.59. The predicted molar refractivity (Wildman–Crippen MR) is 143 cm³/mol. The lowest BCUT2D eigenvalue weighted by molar-refractivity contribution is 0.538. The Morgan fingerprint density at radius 1 is 1.14 bits per heavy atom. The Morgan fingerprint density at radius 2 is 1.86 bits per heavy atom. The molecule has 0 amide bonds. The first-order valence-electron chi connectivity index (χ1n) is 11.7. The van der Waals surface area contributed by atoms with Crippen LogP contribution in [0.2, 0.25) is 0 Å². The average Bonchev–Trinajstić information content (AvgIpc) is 3.42. The quantitative estimate of drug-likeness (QED) is 0.424. The summed E-state index contributed by atoms with van der Waals surface area (Å²) in [5.41, 5.74) is 6.22. The van der Waals surface area contributed by atoms with Gasteiger partial charge < -0.3 is 15.1 Å². The van der Waals surface area contributed by atoms with E-state index < -0.39 is 0 Å². The summed E-state index contributed by atoms with van der Waals surface area (Å²) in [4.78, 5) is 4.00. The van der Waals surface area contributed by atoms with Crippen LogP contribution >= 0.6 is 12.2 Å². The lowest BCUT2D eigenvalue weighted by Gasteiger charge is -2.31. The number of fused-ring (bicyclic) bond motifs is 2. The van der Waals surface area contributed by atoms with Crippen molar-refractivity contribution in [3.63, 3.8) is 0 Å². The van der Waals surface area contributed by atoms with E-state index in [0.29, 0.717) is 16.2 Å². The maximum absolute atomic E-state index is 14.4. The average molecular weight is 492 g/mol. The summed E-state index contributed by atoms with van der Waals surface area (Å²) < 4.78 is 18.2. The predicted octanol–water partition coefficient (Wildman–Crippen LogP) is 4.58. The monoisotopic (exact) mass is 491 g/mol. The van der Waals surface area contributed by atoms with Crippen molar-refractivity contribution in [2.24, 2.45) is 7.05 Å². The van der Waals surface area contributed by atoms with Crippen LogP contribution in [0.1, 0.15) is 35.3 Å². The molecule has 9 heteroatoms. The molecule has 3 heterocycles. The van der Waals surface area contributed by atoms with Crippen molar-refractivity contribution in [1.29, 1.82) is 0 Å². The van der Waals surface area contributed by atoms with E-state index in [9.17, 15) is 4.39 Å². The Labute approximate surface area is 210 Å². The standard InChI is InChI=1S/C26H30FN7S/c1-15-11-20(12-16(2)24(15)27)34-25(23-17(3)28-10-9-21(23)30-34)32(5)26(35)31(4)19-7-8-22-18(13-19)14-29-33(22)6/h7-8,11-14,17,28H,9-10H2,1-6H3/t17-/m0/s1. The number of aryl methyl sites for hydroxylation is 3. The Hall–Kier alpha value is -3.30. The van der Waals surface area contributed by atoms with E-state index in [4.69, 9.17) is 17.3 Å². The van der Waals surface area contributed by atoms with E-state index in [1.165, 1.54) is 0 Å². The van der Waals surface area contributed by atoms with Crippen LogP contribution in [0.3, 0.4) is 0 Å². The minimum atomic E-state index is -0.184. The number of halogens is 1. The van der Waals surface area contributed by atoms with Gasteiger partial charge in [0.1, 0.15) is 11.6 Å². The first-order chi connectivity index (χ1) is 16.7. The lowest BCUT2D eigenvalue weighted by atomic mass is 10.0. The van der Waals surface area contributed by atoms with E-state index in [1.807, 2.05) is 64.7 Å². The van der Waals surface area contributed by atoms with Crippen molar-refractivity contribution in [1.82, 2.24) is 24.9 Å². The molecular formula is C26H30FN7S. The van der Waals surface area contributed by atoms with Gasteiger partial charge in [-0.1, -0.05) is 0 Å². The molecule has 0 aliphatic carbocycles. The van der Waals surface area contributed by atoms with Crippen LogP contribution in [-0.4, -0.2) is 45.3 Å². The van der Waals surface area contributed by atoms with Gasteiger partial charge in [-0.2, -0.15) is 10.2 Å². The van der Waals surface area contributed by atoms with Gasteiger partial charge >= 0.3 is 0 Å². The van der Waals surface area contributed by atoms with Crippen LogP contribution in [0.25, 0.3) is 16.6 Å². The number of anilines is 2. The molecule has 1 aliphatic rings. The minimum Gasteiger partial charge on any atom is -0.322 e. The molecule has 0 radical (unpaired) electrons. The molecular weight excluding hydrogens is 461 g/mol. The molecule has 182 valence electrons. The number of benzene rings is 2. The minimum absolute atomic E-state index is 0.118. The summed E-state index contributed by atoms with van der Waals surface area (Å²) >= 11 is 5.99. The normalized spacial score (nSPS) is 15.3. The third-order valence-corrected chi connectivity index (χ3v) is 7.44. The zero-order valence-electron chi connectivity index (χ0n) is 20.9. The molecule has 1 N–H and O–H groups in total. The number of thiocarbonyl (C=S) groups is 1. The van der Waals surface area contributed by atoms with Crippen LogP contribution in [-0.2, 0) is 13.5 Å². The van der Waals surface area contributed by atoms with Gasteiger partial charge in [0.05, 0.1) is 23.1 Å². The van der Waals surface area contributed by atoms with Crippen molar-refractivity contribution in [2.75, 3.05) is 30.4 Å². The highest BCUT2D eigenvalue weighted by Crippen LogP contribution is 2.35. The van der Waals surface area contributed by atoms with Gasteiger partial charge in [0, 0.05) is 56.8 Å². The maximum atomic E-state index is 14.4. The number of aromatic nitrogens is 4. The largest absolute Gasteiger partial charge is 0.322 e. The van der Waals surface area contributed by atoms with Gasteiger partial charge in [-0.05, 0) is 74.4 Å². The number of rotatable bonds is 3. The van der Waals surface area contributed by atoms with Crippen LogP contribution in [0.15, 0.2) is 36.5 Å². The fraction of sp³-hybridized carbons (Fsp3) is 0.346. The van der Waals surface area contributed by atoms with Gasteiger partial charge in [-0.15, -0.1) is 0 Å². The zero-order chi connectivity index (χ0) is 25.0. The van der Waals surface area contributed by atoms with Crippen molar-refractivity contribution in [2.45, 2.75) is 33.2 Å². The molecule has 1 atom stereocenters. The first kappa shape index (κ1) is 23.4. The smallest absolute Gasteiger partial charge is 0.181 e. The van der Waals surface area contributed by atoms with Crippen molar-refractivity contribution >= 4 is 39.7 Å². The fourth-order valence-electron chi connectivity index (χ4n) is 4.94. The molecule has 0 saturated heterocycles. The molecule has 4 aromatic rings. The molecule has 0 unspecified atom stereocenters. The molecule has 2 aromatic carbocycles. The highest BCUT2D eigenvalue weighted by molar-refractivity contribution is 7.80. The van der Waals surface area contributed by atoms with Gasteiger partial charge in [0.2, 0.25) is 0 Å². The number of hydrogen-bond donors (Lipinski definition) is 1. The van der Waals surface area contributed by atoms with Gasteiger partial charge in [-0.3, -0.25) is 4.68 Å². The van der Waals surface area contributed by atoms with Crippen LogP contribution < -0.4 is 15.1 Å². The topological polar surface area (TPSA) is 54.2 Å². The van der Waals surface area contributed by atoms with E-state index in [1.54, 1.807) is 13.8 Å². The Kier molecular flexibility index (Phi) is 5.85. The molecule has 0 bridgehead atoms. The summed E-state index contributed by atoms with van der Waals surface area (Å²) in [6.07, 6.45) is 2.68. The van der Waals surface area contributed by atoms with Gasteiger partial charge in [0.25, 0.3) is 0 Å². The van der Waals surface area contributed by atoms with E-state index in [-0.39, 0.29) is 11.9 Å². The number of nitrogens with one attached hydrogen (secondary N) is 1. The molecule has 0 saturated carbocycles. The fourth-order valence-corrected chi connectivity index (χ4v) is 5.13. The van der Waals surface area contributed by atoms with Crippen molar-refractivity contribution in [3.8, 4) is 5.69 Å². The molecule has 35 heavy (non-hydrogen) atoms. The SMILES string of the molecule is Cc1cc(-n2nc3c(c2N(C)C(=S)N(C)c2ccc4c(cnn4C)c2)[C@H](C)NCC3)cc(C)c1F. The summed E-state index contributed by atoms with van der Waals surface area (Å²) in [5.74, 6) is 0.709. The highest BCUT2D eigenvalue weighted by atomic mass is 32.1. The number of hydrogen-bond acceptors (Lipinski definition) is 4. The third-order valence-electron chi connectivity index (χ3n) is 6.89. The summed E-state index contributed by atoms with van der Waals surface area (Å²) in [7, 11) is 5.87. The zero-order valence-corrected chi connectivity index (χ0v) is 21.7. The molecule has 0 spiro atoms. The highest BCUT2D eigenvalue weighted by Gasteiger charge is 2.30. The molecule has 0 fully saturated rings. The molecule has 5 rings (SSSR count). The van der Waals surface area contributed by atoms with E-state index in [2.05, 4.69) is 29.5 Å². The van der Waals surface area contributed by atoms with Crippen molar-refractivity contribution < 1.29 is 4.39 Å². The van der Waals surface area contributed by atoms with E-state index in [0.717, 1.165) is 52.3 Å². The third kappa shape index (κ3) is 3.88. The Bertz CT molecular complexity index is 1430. The van der Waals surface area contributed by atoms with Crippen LogP contribution in [0, 0.1) is 19.7 Å². The van der Waals surface area contributed by atoms with Crippen molar-refractivity contribution in [3.05, 3.63) is 64.7 Å². The van der Waals surface area contributed by atoms with Crippen LogP contribution in [0.5, 0.6) is 0 Å². The van der Waals surface area contributed by atoms with Gasteiger partial charge in [0.15, 0.2) is 5.11 Å². The second kappa shape index (κ2) is 8.73. The first-order valence-corrected chi connectivity index (χ1v) is 12.1. The van der Waals surface area contributed by atoms with Gasteiger partial charge in [-0.25, -0.2) is 9.07 Å². The van der Waals surface area contributed by atoms with Crippen LogP contribution in [0.4, 0.5) is 15.9 Å². The Morgan fingerprint density at radius 3 is 2.57 bits per heavy atom. The summed E-state index contributed by atoms with van der Waals surface area (Å²) in [5, 5.41) is 14.6. The second-order valence-corrected chi connectivity index (χ2v) is 9.69. The summed E-state index contributed by atoms with van der Waals surface area (Å²) in [6, 6.07) is 10.0. The molecule has 2 aromatic heterocycles. The van der Waals surface area contributed by atoms with E-state index >= 15 is 0 Å². The maximum Gasteiger partial charge on any atom is 0.181 e.